The second-order valence-corrected chi connectivity index (χ2v) is 12.5. The van der Waals surface area contributed by atoms with Crippen molar-refractivity contribution >= 4 is 34.9 Å². The molecule has 42 heavy (non-hydrogen) atoms. The van der Waals surface area contributed by atoms with Crippen molar-refractivity contribution in [3.05, 3.63) is 105 Å². The van der Waals surface area contributed by atoms with E-state index in [-0.39, 0.29) is 22.5 Å². The Morgan fingerprint density at radius 1 is 0.976 bits per heavy atom. The van der Waals surface area contributed by atoms with Crippen molar-refractivity contribution in [2.24, 2.45) is 0 Å². The van der Waals surface area contributed by atoms with Crippen LogP contribution in [-0.2, 0) is 11.8 Å². The highest BCUT2D eigenvalue weighted by atomic mass is 35.5. The number of thioether (sulfide) groups is 1. The first-order valence-electron chi connectivity index (χ1n) is 14.2. The Bertz CT molecular complexity index is 1870. The predicted molar refractivity (Wildman–Crippen MR) is 166 cm³/mol. The first-order valence-corrected chi connectivity index (χ1v) is 15.5. The molecule has 9 heteroatoms. The summed E-state index contributed by atoms with van der Waals surface area (Å²) < 4.78 is 9.07. The molecule has 7 rings (SSSR count). The molecule has 2 aliphatic carbocycles. The second-order valence-electron chi connectivity index (χ2n) is 11.1. The fourth-order valence-electron chi connectivity index (χ4n) is 6.67. The summed E-state index contributed by atoms with van der Waals surface area (Å²) in [6.07, 6.45) is 6.09. The Balaban J connectivity index is 1.46. The number of rotatable bonds is 6. The van der Waals surface area contributed by atoms with E-state index in [1.165, 1.54) is 23.7 Å². The molecule has 212 valence electrons. The lowest BCUT2D eigenvalue weighted by Gasteiger charge is -2.42. The van der Waals surface area contributed by atoms with Gasteiger partial charge >= 0.3 is 0 Å². The van der Waals surface area contributed by atoms with Crippen molar-refractivity contribution in [3.8, 4) is 22.7 Å². The van der Waals surface area contributed by atoms with Gasteiger partial charge in [-0.1, -0.05) is 66.9 Å². The zero-order valence-electron chi connectivity index (χ0n) is 23.2. The van der Waals surface area contributed by atoms with Crippen LogP contribution in [0.3, 0.4) is 0 Å². The van der Waals surface area contributed by atoms with E-state index in [0.717, 1.165) is 48.9 Å². The lowest BCUT2D eigenvalue weighted by atomic mass is 9.62. The van der Waals surface area contributed by atoms with Gasteiger partial charge in [-0.25, -0.2) is 4.57 Å². The van der Waals surface area contributed by atoms with Gasteiger partial charge in [0.2, 0.25) is 5.78 Å². The molecule has 1 fully saturated rings. The highest BCUT2D eigenvalue weighted by molar-refractivity contribution is 7.99. The molecule has 0 amide bonds. The Morgan fingerprint density at radius 2 is 1.71 bits per heavy atom. The largest absolute Gasteiger partial charge is 0.497 e. The Morgan fingerprint density at radius 3 is 2.45 bits per heavy atom. The van der Waals surface area contributed by atoms with Crippen LogP contribution >= 0.6 is 23.4 Å². The van der Waals surface area contributed by atoms with Gasteiger partial charge in [-0.15, -0.1) is 10.2 Å². The number of hydrogen-bond acceptors (Lipinski definition) is 6. The first kappa shape index (κ1) is 27.0. The molecule has 7 nitrogen and oxygen atoms in total. The highest BCUT2D eigenvalue weighted by Gasteiger charge is 2.44. The number of methoxy groups -OCH3 is 1. The SMILES string of the molecule is COc1ccc(-n2c(=O)c3c(n4c(SCC(=O)c5ccc(Cl)cc5)nnc24)-c2ccccc2CC32CCCCC2)cc1. The van der Waals surface area contributed by atoms with Crippen molar-refractivity contribution in [3.63, 3.8) is 0 Å². The molecule has 5 aromatic rings. The number of nitrogens with zero attached hydrogens (tertiary/aromatic N) is 4. The molecule has 0 saturated heterocycles. The van der Waals surface area contributed by atoms with E-state index < -0.39 is 0 Å². The molecular weight excluding hydrogens is 568 g/mol. The van der Waals surface area contributed by atoms with Crippen LogP contribution in [0.1, 0.15) is 53.6 Å². The maximum atomic E-state index is 14.7. The maximum Gasteiger partial charge on any atom is 0.263 e. The zero-order valence-corrected chi connectivity index (χ0v) is 24.8. The summed E-state index contributed by atoms with van der Waals surface area (Å²) >= 11 is 7.37. The number of hydrogen-bond donors (Lipinski definition) is 0. The number of carbonyl (C=O) groups is 1. The summed E-state index contributed by atoms with van der Waals surface area (Å²) in [6.45, 7) is 0. The van der Waals surface area contributed by atoms with E-state index in [0.29, 0.717) is 33.0 Å². The first-order chi connectivity index (χ1) is 20.5. The van der Waals surface area contributed by atoms with Gasteiger partial charge in [0.15, 0.2) is 10.9 Å². The van der Waals surface area contributed by atoms with E-state index in [1.54, 1.807) is 35.9 Å². The van der Waals surface area contributed by atoms with Gasteiger partial charge in [0.1, 0.15) is 5.75 Å². The fourth-order valence-corrected chi connectivity index (χ4v) is 7.63. The van der Waals surface area contributed by atoms with E-state index in [2.05, 4.69) is 28.4 Å². The summed E-state index contributed by atoms with van der Waals surface area (Å²) in [4.78, 5) is 27.9. The molecule has 0 unspecified atom stereocenters. The van der Waals surface area contributed by atoms with E-state index >= 15 is 0 Å². The monoisotopic (exact) mass is 596 g/mol. The number of halogens is 1. The van der Waals surface area contributed by atoms with Gasteiger partial charge in [-0.3, -0.25) is 14.0 Å². The molecule has 0 bridgehead atoms. The summed E-state index contributed by atoms with van der Waals surface area (Å²) in [5.74, 6) is 1.27. The minimum absolute atomic E-state index is 0.0325. The van der Waals surface area contributed by atoms with Crippen LogP contribution < -0.4 is 10.3 Å². The van der Waals surface area contributed by atoms with Crippen molar-refractivity contribution in [2.75, 3.05) is 12.9 Å². The summed E-state index contributed by atoms with van der Waals surface area (Å²) in [5.41, 5.74) is 4.90. The normalized spacial score (nSPS) is 15.4. The summed E-state index contributed by atoms with van der Waals surface area (Å²) in [6, 6.07) is 22.7. The van der Waals surface area contributed by atoms with Crippen molar-refractivity contribution in [1.82, 2.24) is 19.2 Å². The third-order valence-electron chi connectivity index (χ3n) is 8.67. The number of benzene rings is 3. The fraction of sp³-hybridized carbons (Fsp3) is 0.273. The topological polar surface area (TPSA) is 78.5 Å². The summed E-state index contributed by atoms with van der Waals surface area (Å²) in [5, 5.41) is 10.3. The number of carbonyl (C=O) groups excluding carboxylic acids is 1. The summed E-state index contributed by atoms with van der Waals surface area (Å²) in [7, 11) is 1.62. The molecule has 0 aliphatic heterocycles. The maximum absolute atomic E-state index is 14.7. The smallest absolute Gasteiger partial charge is 0.263 e. The van der Waals surface area contributed by atoms with Crippen LogP contribution in [0.25, 0.3) is 22.7 Å². The minimum Gasteiger partial charge on any atom is -0.497 e. The molecule has 1 spiro atoms. The van der Waals surface area contributed by atoms with E-state index in [9.17, 15) is 9.59 Å². The van der Waals surface area contributed by atoms with Crippen LogP contribution in [0.4, 0.5) is 0 Å². The quantitative estimate of drug-likeness (QED) is 0.156. The van der Waals surface area contributed by atoms with Crippen LogP contribution in [0, 0.1) is 0 Å². The van der Waals surface area contributed by atoms with Crippen LogP contribution in [0.2, 0.25) is 5.02 Å². The third kappa shape index (κ3) is 4.44. The van der Waals surface area contributed by atoms with Gasteiger partial charge in [-0.05, 0) is 73.4 Å². The van der Waals surface area contributed by atoms with E-state index in [4.69, 9.17) is 16.3 Å². The highest BCUT2D eigenvalue weighted by Crippen LogP contribution is 2.49. The average molecular weight is 597 g/mol. The van der Waals surface area contributed by atoms with Gasteiger partial charge in [0, 0.05) is 27.1 Å². The second kappa shape index (κ2) is 10.7. The van der Waals surface area contributed by atoms with Crippen molar-refractivity contribution in [1.29, 1.82) is 0 Å². The molecule has 2 heterocycles. The van der Waals surface area contributed by atoms with Crippen LogP contribution in [0.15, 0.2) is 82.7 Å². The Kier molecular flexibility index (Phi) is 6.91. The molecule has 0 atom stereocenters. The lowest BCUT2D eigenvalue weighted by Crippen LogP contribution is -2.43. The predicted octanol–water partition coefficient (Wildman–Crippen LogP) is 6.94. The van der Waals surface area contributed by atoms with Crippen LogP contribution in [0.5, 0.6) is 5.75 Å². The number of Topliss-reactive ketones (excluding diaryl/α,β-unsaturated/α-hetero) is 1. The molecular formula is C33H29ClN4O3S. The van der Waals surface area contributed by atoms with Gasteiger partial charge in [0.25, 0.3) is 5.56 Å². The average Bonchev–Trinajstić information content (AvgIpc) is 3.44. The number of ether oxygens (including phenoxy) is 1. The minimum atomic E-state index is -0.271. The number of ketones is 1. The van der Waals surface area contributed by atoms with Crippen molar-refractivity contribution < 1.29 is 9.53 Å². The molecule has 0 radical (unpaired) electrons. The van der Waals surface area contributed by atoms with E-state index in [1.807, 2.05) is 34.7 Å². The van der Waals surface area contributed by atoms with Gasteiger partial charge in [0.05, 0.1) is 24.2 Å². The zero-order chi connectivity index (χ0) is 28.8. The molecule has 3 aromatic carbocycles. The van der Waals surface area contributed by atoms with Gasteiger partial charge in [-0.2, -0.15) is 0 Å². The lowest BCUT2D eigenvalue weighted by molar-refractivity contribution is 0.102. The molecule has 1 saturated carbocycles. The number of fused-ring (bicyclic) bond motifs is 6. The van der Waals surface area contributed by atoms with Crippen molar-refractivity contribution in [2.45, 2.75) is 49.1 Å². The van der Waals surface area contributed by atoms with Crippen LogP contribution in [-0.4, -0.2) is 37.8 Å². The molecule has 2 aromatic heterocycles. The van der Waals surface area contributed by atoms with Gasteiger partial charge < -0.3 is 4.74 Å². The standard InChI is InChI=1S/C33H29ClN4O3S/c1-41-25-15-13-24(14-16-25)37-30(40)28-29(26-8-4-3-7-22(26)19-33(28)17-5-2-6-18-33)38-31(37)35-36-32(38)42-20-27(39)21-9-11-23(34)12-10-21/h3-4,7-16H,2,5-6,17-20H2,1H3. The Hall–Kier alpha value is -3.88. The Labute approximate surface area is 252 Å². The molecule has 0 N–H and O–H groups in total. The molecule has 2 aliphatic rings. The third-order valence-corrected chi connectivity index (χ3v) is 9.85. The number of aromatic nitrogens is 4.